The molecule has 0 saturated heterocycles. The second kappa shape index (κ2) is 5.64. The predicted molar refractivity (Wildman–Crippen MR) is 81.5 cm³/mol. The van der Waals surface area contributed by atoms with Crippen LogP contribution in [-0.4, -0.2) is 22.4 Å². The summed E-state index contributed by atoms with van der Waals surface area (Å²) in [6.07, 6.45) is 0.656. The Morgan fingerprint density at radius 2 is 2.20 bits per heavy atom. The van der Waals surface area contributed by atoms with E-state index >= 15 is 0 Å². The summed E-state index contributed by atoms with van der Waals surface area (Å²) < 4.78 is 0. The van der Waals surface area contributed by atoms with Gasteiger partial charge in [0.15, 0.2) is 0 Å². The van der Waals surface area contributed by atoms with Crippen LogP contribution >= 0.6 is 22.9 Å². The fourth-order valence-electron chi connectivity index (χ4n) is 1.95. The zero-order valence-corrected chi connectivity index (χ0v) is 12.1. The molecule has 6 heteroatoms. The van der Waals surface area contributed by atoms with Crippen molar-refractivity contribution >= 4 is 39.9 Å². The zero-order chi connectivity index (χ0) is 13.9. The van der Waals surface area contributed by atoms with E-state index in [9.17, 15) is 4.79 Å². The number of imidazole rings is 1. The minimum absolute atomic E-state index is 0.138. The smallest absolute Gasteiger partial charge is 0.262 e. The van der Waals surface area contributed by atoms with E-state index in [2.05, 4.69) is 15.3 Å². The van der Waals surface area contributed by atoms with Gasteiger partial charge in [0.25, 0.3) is 5.91 Å². The van der Waals surface area contributed by atoms with E-state index in [0.717, 1.165) is 16.9 Å². The Bertz CT molecular complexity index is 717. The highest BCUT2D eigenvalue weighted by Crippen LogP contribution is 2.21. The summed E-state index contributed by atoms with van der Waals surface area (Å²) in [4.78, 5) is 20.1. The van der Waals surface area contributed by atoms with Gasteiger partial charge in [0.2, 0.25) is 0 Å². The van der Waals surface area contributed by atoms with Gasteiger partial charge in [-0.15, -0.1) is 11.3 Å². The first-order valence-electron chi connectivity index (χ1n) is 6.19. The molecule has 0 unspecified atom stereocenters. The second-order valence-electron chi connectivity index (χ2n) is 4.30. The quantitative estimate of drug-likeness (QED) is 0.777. The van der Waals surface area contributed by atoms with Gasteiger partial charge in [-0.2, -0.15) is 0 Å². The maximum absolute atomic E-state index is 11.9. The fourth-order valence-corrected chi connectivity index (χ4v) is 3.01. The van der Waals surface area contributed by atoms with Gasteiger partial charge in [0, 0.05) is 13.0 Å². The maximum Gasteiger partial charge on any atom is 0.262 e. The zero-order valence-electron chi connectivity index (χ0n) is 10.5. The van der Waals surface area contributed by atoms with Crippen LogP contribution in [0.2, 0.25) is 5.02 Å². The first-order chi connectivity index (χ1) is 9.74. The minimum Gasteiger partial charge on any atom is -0.351 e. The first-order valence-corrected chi connectivity index (χ1v) is 7.44. The molecule has 0 aliphatic heterocycles. The molecule has 3 rings (SSSR count). The van der Waals surface area contributed by atoms with Crippen molar-refractivity contribution in [2.75, 3.05) is 6.54 Å². The molecule has 0 bridgehead atoms. The van der Waals surface area contributed by atoms with Gasteiger partial charge in [-0.1, -0.05) is 23.7 Å². The van der Waals surface area contributed by atoms with E-state index in [1.165, 1.54) is 11.3 Å². The number of aromatic nitrogens is 2. The number of thiophene rings is 1. The van der Waals surface area contributed by atoms with Crippen molar-refractivity contribution in [3.63, 3.8) is 0 Å². The van der Waals surface area contributed by atoms with E-state index in [4.69, 9.17) is 11.6 Å². The number of benzene rings is 1. The standard InChI is InChI=1S/C14H12ClN3OS/c15-9-6-8-20-13(9)14(19)16-7-5-12-17-10-3-1-2-4-11(10)18-12/h1-4,6,8H,5,7H2,(H,16,19)(H,17,18). The van der Waals surface area contributed by atoms with Crippen molar-refractivity contribution in [3.8, 4) is 0 Å². The lowest BCUT2D eigenvalue weighted by atomic mass is 10.3. The van der Waals surface area contributed by atoms with Crippen molar-refractivity contribution < 1.29 is 4.79 Å². The van der Waals surface area contributed by atoms with Gasteiger partial charge >= 0.3 is 0 Å². The average molecular weight is 306 g/mol. The summed E-state index contributed by atoms with van der Waals surface area (Å²) in [6, 6.07) is 9.58. The molecule has 0 aliphatic carbocycles. The van der Waals surface area contributed by atoms with Gasteiger partial charge in [-0.25, -0.2) is 4.98 Å². The number of aromatic amines is 1. The Balaban J connectivity index is 1.60. The highest BCUT2D eigenvalue weighted by Gasteiger charge is 2.11. The van der Waals surface area contributed by atoms with E-state index in [1.54, 1.807) is 11.4 Å². The number of para-hydroxylation sites is 2. The van der Waals surface area contributed by atoms with Crippen LogP contribution in [0.25, 0.3) is 11.0 Å². The third-order valence-corrected chi connectivity index (χ3v) is 4.25. The van der Waals surface area contributed by atoms with Gasteiger partial charge < -0.3 is 10.3 Å². The lowest BCUT2D eigenvalue weighted by Gasteiger charge is -2.02. The largest absolute Gasteiger partial charge is 0.351 e. The van der Waals surface area contributed by atoms with Crippen molar-refractivity contribution in [1.29, 1.82) is 0 Å². The lowest BCUT2D eigenvalue weighted by Crippen LogP contribution is -2.25. The van der Waals surface area contributed by atoms with Gasteiger partial charge in [0.1, 0.15) is 10.7 Å². The summed E-state index contributed by atoms with van der Waals surface area (Å²) in [7, 11) is 0. The van der Waals surface area contributed by atoms with Crippen molar-refractivity contribution in [3.05, 3.63) is 51.4 Å². The van der Waals surface area contributed by atoms with E-state index < -0.39 is 0 Å². The molecule has 20 heavy (non-hydrogen) atoms. The molecular weight excluding hydrogens is 294 g/mol. The molecule has 0 spiro atoms. The van der Waals surface area contributed by atoms with Crippen molar-refractivity contribution in [1.82, 2.24) is 15.3 Å². The molecule has 1 aromatic carbocycles. The Labute approximate surface area is 124 Å². The van der Waals surface area contributed by atoms with E-state index in [0.29, 0.717) is 22.9 Å². The highest BCUT2D eigenvalue weighted by atomic mass is 35.5. The second-order valence-corrected chi connectivity index (χ2v) is 5.63. The fraction of sp³-hybridized carbons (Fsp3) is 0.143. The van der Waals surface area contributed by atoms with Crippen LogP contribution in [0.15, 0.2) is 35.7 Å². The molecule has 4 nitrogen and oxygen atoms in total. The highest BCUT2D eigenvalue weighted by molar-refractivity contribution is 7.12. The topological polar surface area (TPSA) is 57.8 Å². The molecule has 0 fully saturated rings. The average Bonchev–Trinajstić information content (AvgIpc) is 3.04. The van der Waals surface area contributed by atoms with Crippen LogP contribution in [0, 0.1) is 0 Å². The molecule has 0 atom stereocenters. The Hall–Kier alpha value is -1.85. The van der Waals surface area contributed by atoms with Gasteiger partial charge in [0.05, 0.1) is 16.1 Å². The number of nitrogens with one attached hydrogen (secondary N) is 2. The van der Waals surface area contributed by atoms with Crippen LogP contribution in [0.3, 0.4) is 0 Å². The molecule has 2 aromatic heterocycles. The first kappa shape index (κ1) is 13.1. The van der Waals surface area contributed by atoms with Crippen LogP contribution in [-0.2, 0) is 6.42 Å². The number of hydrogen-bond donors (Lipinski definition) is 2. The molecule has 3 aromatic rings. The monoisotopic (exact) mass is 305 g/mol. The van der Waals surface area contributed by atoms with E-state index in [-0.39, 0.29) is 5.91 Å². The molecule has 0 aliphatic rings. The summed E-state index contributed by atoms with van der Waals surface area (Å²) in [5.74, 6) is 0.727. The van der Waals surface area contributed by atoms with Gasteiger partial charge in [-0.3, -0.25) is 4.79 Å². The number of halogens is 1. The number of nitrogens with zero attached hydrogens (tertiary/aromatic N) is 1. The number of fused-ring (bicyclic) bond motifs is 1. The minimum atomic E-state index is -0.138. The lowest BCUT2D eigenvalue weighted by molar-refractivity contribution is 0.0958. The van der Waals surface area contributed by atoms with E-state index in [1.807, 2.05) is 24.3 Å². The Morgan fingerprint density at radius 1 is 1.35 bits per heavy atom. The third kappa shape index (κ3) is 2.69. The number of rotatable bonds is 4. The summed E-state index contributed by atoms with van der Waals surface area (Å²) >= 11 is 7.26. The van der Waals surface area contributed by atoms with Gasteiger partial charge in [-0.05, 0) is 23.6 Å². The van der Waals surface area contributed by atoms with Crippen LogP contribution in [0.5, 0.6) is 0 Å². The molecule has 102 valence electrons. The SMILES string of the molecule is O=C(NCCc1nc2ccccc2[nH]1)c1sccc1Cl. The van der Waals surface area contributed by atoms with Crippen molar-refractivity contribution in [2.45, 2.75) is 6.42 Å². The molecule has 1 amide bonds. The maximum atomic E-state index is 11.9. The normalized spacial score (nSPS) is 10.8. The number of carbonyl (C=O) groups excluding carboxylic acids is 1. The number of amides is 1. The molecule has 0 saturated carbocycles. The van der Waals surface area contributed by atoms with Crippen LogP contribution < -0.4 is 5.32 Å². The molecule has 2 heterocycles. The molecule has 2 N–H and O–H groups in total. The number of carbonyl (C=O) groups is 1. The van der Waals surface area contributed by atoms with Crippen LogP contribution in [0.1, 0.15) is 15.5 Å². The summed E-state index contributed by atoms with van der Waals surface area (Å²) in [5.41, 5.74) is 1.95. The van der Waals surface area contributed by atoms with Crippen LogP contribution in [0.4, 0.5) is 0 Å². The molecule has 0 radical (unpaired) electrons. The Kier molecular flexibility index (Phi) is 3.71. The number of H-pyrrole nitrogens is 1. The summed E-state index contributed by atoms with van der Waals surface area (Å²) in [6.45, 7) is 0.521. The van der Waals surface area contributed by atoms with Crippen molar-refractivity contribution in [2.24, 2.45) is 0 Å². The number of hydrogen-bond acceptors (Lipinski definition) is 3. The molecular formula is C14H12ClN3OS. The summed E-state index contributed by atoms with van der Waals surface area (Å²) in [5, 5.41) is 5.14. The Morgan fingerprint density at radius 3 is 2.95 bits per heavy atom. The predicted octanol–water partition coefficient (Wildman–Crippen LogP) is 3.25. The third-order valence-electron chi connectivity index (χ3n) is 2.91.